The number of carbonyl (C=O) groups excluding carboxylic acids is 1. The van der Waals surface area contributed by atoms with Crippen LogP contribution in [0.2, 0.25) is 0 Å². The van der Waals surface area contributed by atoms with Crippen molar-refractivity contribution in [1.82, 2.24) is 20.6 Å². The van der Waals surface area contributed by atoms with E-state index in [0.29, 0.717) is 6.54 Å². The molecule has 3 N–H and O–H groups in total. The molecule has 3 aromatic rings. The van der Waals surface area contributed by atoms with Gasteiger partial charge in [-0.1, -0.05) is 6.07 Å². The van der Waals surface area contributed by atoms with Crippen LogP contribution in [0, 0.1) is 12.7 Å². The second-order valence-corrected chi connectivity index (χ2v) is 6.63. The van der Waals surface area contributed by atoms with Gasteiger partial charge in [0.15, 0.2) is 0 Å². The van der Waals surface area contributed by atoms with Crippen LogP contribution in [0.1, 0.15) is 32.7 Å². The number of fused-ring (bicyclic) bond motifs is 2. The highest BCUT2D eigenvalue weighted by Crippen LogP contribution is 2.20. The van der Waals surface area contributed by atoms with Crippen LogP contribution in [-0.4, -0.2) is 22.4 Å². The van der Waals surface area contributed by atoms with Crippen LogP contribution in [0.3, 0.4) is 0 Å². The van der Waals surface area contributed by atoms with Crippen LogP contribution < -0.4 is 16.1 Å². The zero-order valence-electron chi connectivity index (χ0n) is 14.9. The Labute approximate surface area is 154 Å². The number of nitrogens with zero attached hydrogens (tertiary/aromatic N) is 1. The second kappa shape index (κ2) is 6.92. The molecule has 1 amide bonds. The van der Waals surface area contributed by atoms with E-state index in [4.69, 9.17) is 0 Å². The topological polar surface area (TPSA) is 86.9 Å². The summed E-state index contributed by atoms with van der Waals surface area (Å²) in [7, 11) is 0. The van der Waals surface area contributed by atoms with Gasteiger partial charge in [0.2, 0.25) is 5.43 Å². The van der Waals surface area contributed by atoms with Crippen LogP contribution in [0.25, 0.3) is 10.9 Å². The van der Waals surface area contributed by atoms with E-state index in [1.54, 1.807) is 0 Å². The van der Waals surface area contributed by atoms with Crippen LogP contribution in [0.5, 0.6) is 0 Å². The highest BCUT2D eigenvalue weighted by Gasteiger charge is 2.18. The highest BCUT2D eigenvalue weighted by molar-refractivity contribution is 5.97. The van der Waals surface area contributed by atoms with E-state index in [1.807, 2.05) is 13.1 Å². The molecule has 1 aliphatic rings. The van der Waals surface area contributed by atoms with E-state index in [-0.39, 0.29) is 16.5 Å². The Morgan fingerprint density at radius 1 is 1.37 bits per heavy atom. The quantitative estimate of drug-likeness (QED) is 0.661. The van der Waals surface area contributed by atoms with E-state index in [9.17, 15) is 14.0 Å². The first-order valence-electron chi connectivity index (χ1n) is 8.81. The number of aryl methyl sites for hydroxylation is 1. The Morgan fingerprint density at radius 3 is 3.07 bits per heavy atom. The number of rotatable bonds is 3. The van der Waals surface area contributed by atoms with Crippen molar-refractivity contribution in [3.63, 3.8) is 0 Å². The van der Waals surface area contributed by atoms with Crippen LogP contribution in [-0.2, 0) is 19.5 Å². The first kappa shape index (κ1) is 17.4. The summed E-state index contributed by atoms with van der Waals surface area (Å²) in [5.74, 6) is -1.02. The minimum atomic E-state index is -0.525. The molecule has 7 heteroatoms. The standard InChI is InChI=1S/C20H19FN4O2/c1-11-15(13-5-6-22-7-12(13)8-23-11)9-25-20(27)16-10-24-18-14(19(16)26)3-2-4-17(18)21/h2-4,8,10,22H,5-7,9H2,1H3,(H,24,26)(H,25,27). The Balaban J connectivity index is 1.62. The maximum Gasteiger partial charge on any atom is 0.257 e. The lowest BCUT2D eigenvalue weighted by molar-refractivity contribution is 0.0949. The first-order valence-corrected chi connectivity index (χ1v) is 8.81. The summed E-state index contributed by atoms with van der Waals surface area (Å²) in [6.07, 6.45) is 4.00. The van der Waals surface area contributed by atoms with Gasteiger partial charge >= 0.3 is 0 Å². The number of amides is 1. The van der Waals surface area contributed by atoms with Crippen molar-refractivity contribution < 1.29 is 9.18 Å². The zero-order chi connectivity index (χ0) is 19.0. The van der Waals surface area contributed by atoms with Gasteiger partial charge in [-0.3, -0.25) is 14.6 Å². The summed E-state index contributed by atoms with van der Waals surface area (Å²) in [5.41, 5.74) is 3.77. The Kier molecular flexibility index (Phi) is 4.45. The SMILES string of the molecule is Cc1ncc2c(c1CNC(=O)c1c[nH]c3c(F)cccc3c1=O)CCNC2. The molecule has 0 atom stereocenters. The molecule has 0 fully saturated rings. The van der Waals surface area contributed by atoms with Gasteiger partial charge in [-0.05, 0) is 48.7 Å². The lowest BCUT2D eigenvalue weighted by atomic mass is 9.96. The molecule has 1 aliphatic heterocycles. The number of hydrogen-bond acceptors (Lipinski definition) is 4. The summed E-state index contributed by atoms with van der Waals surface area (Å²) in [6.45, 7) is 3.85. The van der Waals surface area contributed by atoms with Crippen molar-refractivity contribution in [3.8, 4) is 0 Å². The molecule has 3 heterocycles. The number of benzene rings is 1. The van der Waals surface area contributed by atoms with Crippen molar-refractivity contribution in [2.45, 2.75) is 26.4 Å². The van der Waals surface area contributed by atoms with Crippen molar-refractivity contribution in [3.05, 3.63) is 74.6 Å². The molecular weight excluding hydrogens is 347 g/mol. The van der Waals surface area contributed by atoms with E-state index in [2.05, 4.69) is 20.6 Å². The molecule has 0 spiro atoms. The second-order valence-electron chi connectivity index (χ2n) is 6.63. The third-order valence-electron chi connectivity index (χ3n) is 5.00. The van der Waals surface area contributed by atoms with Gasteiger partial charge < -0.3 is 15.6 Å². The third kappa shape index (κ3) is 3.10. The highest BCUT2D eigenvalue weighted by atomic mass is 19.1. The van der Waals surface area contributed by atoms with Crippen LogP contribution in [0.4, 0.5) is 4.39 Å². The number of nitrogens with one attached hydrogen (secondary N) is 3. The average Bonchev–Trinajstić information content (AvgIpc) is 2.68. The minimum absolute atomic E-state index is 0.0369. The van der Waals surface area contributed by atoms with Gasteiger partial charge in [0.25, 0.3) is 5.91 Å². The molecule has 0 radical (unpaired) electrons. The van der Waals surface area contributed by atoms with Crippen LogP contribution in [0.15, 0.2) is 35.4 Å². The number of carbonyl (C=O) groups is 1. The van der Waals surface area contributed by atoms with Gasteiger partial charge in [-0.25, -0.2) is 4.39 Å². The predicted octanol–water partition coefficient (Wildman–Crippen LogP) is 1.95. The average molecular weight is 366 g/mol. The monoisotopic (exact) mass is 366 g/mol. The van der Waals surface area contributed by atoms with Crippen molar-refractivity contribution >= 4 is 16.8 Å². The van der Waals surface area contributed by atoms with Gasteiger partial charge in [-0.15, -0.1) is 0 Å². The van der Waals surface area contributed by atoms with Gasteiger partial charge in [0.1, 0.15) is 11.4 Å². The summed E-state index contributed by atoms with van der Waals surface area (Å²) < 4.78 is 13.8. The smallest absolute Gasteiger partial charge is 0.257 e. The number of pyridine rings is 2. The molecule has 0 saturated carbocycles. The molecule has 6 nitrogen and oxygen atoms in total. The molecule has 0 unspecified atom stereocenters. The zero-order valence-corrected chi connectivity index (χ0v) is 14.9. The van der Waals surface area contributed by atoms with E-state index >= 15 is 0 Å². The first-order chi connectivity index (χ1) is 13.1. The molecule has 138 valence electrons. The fourth-order valence-electron chi connectivity index (χ4n) is 3.53. The molecule has 0 bridgehead atoms. The van der Waals surface area contributed by atoms with E-state index in [0.717, 1.165) is 36.3 Å². The molecule has 27 heavy (non-hydrogen) atoms. The van der Waals surface area contributed by atoms with Gasteiger partial charge in [0, 0.05) is 36.6 Å². The van der Waals surface area contributed by atoms with Crippen molar-refractivity contribution in [1.29, 1.82) is 0 Å². The number of halogens is 1. The third-order valence-corrected chi connectivity index (χ3v) is 5.00. The lowest BCUT2D eigenvalue weighted by Gasteiger charge is -2.21. The lowest BCUT2D eigenvalue weighted by Crippen LogP contribution is -2.31. The summed E-state index contributed by atoms with van der Waals surface area (Å²) in [5, 5.41) is 6.27. The molecule has 1 aromatic carbocycles. The Morgan fingerprint density at radius 2 is 2.22 bits per heavy atom. The van der Waals surface area contributed by atoms with E-state index < -0.39 is 17.2 Å². The molecule has 2 aromatic heterocycles. The molecule has 0 aliphatic carbocycles. The Hall–Kier alpha value is -3.06. The fraction of sp³-hybridized carbons (Fsp3) is 0.250. The summed E-state index contributed by atoms with van der Waals surface area (Å²) in [4.78, 5) is 32.3. The molecule has 0 saturated heterocycles. The number of hydrogen-bond donors (Lipinski definition) is 3. The Bertz CT molecular complexity index is 1110. The number of aromatic nitrogens is 2. The van der Waals surface area contributed by atoms with Crippen molar-refractivity contribution in [2.75, 3.05) is 6.54 Å². The minimum Gasteiger partial charge on any atom is -0.358 e. The predicted molar refractivity (Wildman–Crippen MR) is 100 cm³/mol. The summed E-state index contributed by atoms with van der Waals surface area (Å²) in [6, 6.07) is 4.22. The van der Waals surface area contributed by atoms with Crippen molar-refractivity contribution in [2.24, 2.45) is 0 Å². The maximum absolute atomic E-state index is 13.8. The molecule has 4 rings (SSSR count). The van der Waals surface area contributed by atoms with Gasteiger partial charge in [-0.2, -0.15) is 0 Å². The number of H-pyrrole nitrogens is 1. The van der Waals surface area contributed by atoms with E-state index in [1.165, 1.54) is 30.0 Å². The fourth-order valence-corrected chi connectivity index (χ4v) is 3.53. The van der Waals surface area contributed by atoms with Crippen LogP contribution >= 0.6 is 0 Å². The number of para-hydroxylation sites is 1. The largest absolute Gasteiger partial charge is 0.358 e. The number of aromatic amines is 1. The maximum atomic E-state index is 13.8. The summed E-state index contributed by atoms with van der Waals surface area (Å²) >= 11 is 0. The van der Waals surface area contributed by atoms with Gasteiger partial charge in [0.05, 0.1) is 5.52 Å². The normalized spacial score (nSPS) is 13.4. The molecular formula is C20H19FN4O2.